The number of aryl methyl sites for hydroxylation is 2. The number of aromatic nitrogens is 3. The van der Waals surface area contributed by atoms with Crippen LogP contribution in [-0.4, -0.2) is 20.9 Å². The zero-order valence-electron chi connectivity index (χ0n) is 9.90. The molecule has 2 rings (SSSR count). The van der Waals surface area contributed by atoms with Crippen LogP contribution in [0.1, 0.15) is 28.8 Å². The van der Waals surface area contributed by atoms with Gasteiger partial charge in [0.25, 0.3) is 0 Å². The van der Waals surface area contributed by atoms with Gasteiger partial charge >= 0.3 is 0 Å². The van der Waals surface area contributed by atoms with E-state index in [2.05, 4.69) is 29.4 Å². The second-order valence-corrected chi connectivity index (χ2v) is 5.55. The summed E-state index contributed by atoms with van der Waals surface area (Å²) in [5.74, 6) is 0.678. The predicted molar refractivity (Wildman–Crippen MR) is 71.9 cm³/mol. The van der Waals surface area contributed by atoms with Gasteiger partial charge in [0.1, 0.15) is 0 Å². The summed E-state index contributed by atoms with van der Waals surface area (Å²) in [6.45, 7) is 2.99. The average molecular weight is 270 g/mol. The van der Waals surface area contributed by atoms with Gasteiger partial charge in [0.15, 0.2) is 0 Å². The Morgan fingerprint density at radius 1 is 1.35 bits per heavy atom. The number of hydrogen-bond donors (Lipinski definition) is 0. The van der Waals surface area contributed by atoms with E-state index < -0.39 is 0 Å². The fraction of sp³-hybridized carbons (Fsp3) is 0.500. The molecule has 2 aromatic heterocycles. The van der Waals surface area contributed by atoms with E-state index in [1.54, 1.807) is 0 Å². The summed E-state index contributed by atoms with van der Waals surface area (Å²) >= 11 is 7.50. The standard InChI is InChI=1S/C12H16ClN3S/c1-2-11-5-6-12(17-11)9-16-8-10(14-15-16)4-3-7-13/h5-6,8H,2-4,7,9H2,1H3. The molecule has 0 aliphatic rings. The van der Waals surface area contributed by atoms with Gasteiger partial charge in [-0.2, -0.15) is 0 Å². The van der Waals surface area contributed by atoms with Gasteiger partial charge in [-0.1, -0.05) is 12.1 Å². The Balaban J connectivity index is 1.96. The normalized spacial score (nSPS) is 10.9. The average Bonchev–Trinajstić information content (AvgIpc) is 2.96. The van der Waals surface area contributed by atoms with Crippen LogP contribution in [-0.2, 0) is 19.4 Å². The number of thiophene rings is 1. The van der Waals surface area contributed by atoms with Crippen molar-refractivity contribution in [1.29, 1.82) is 0 Å². The summed E-state index contributed by atoms with van der Waals surface area (Å²) in [7, 11) is 0. The predicted octanol–water partition coefficient (Wildman–Crippen LogP) is 3.12. The Hall–Kier alpha value is -0.870. The third kappa shape index (κ3) is 3.54. The molecule has 0 amide bonds. The quantitative estimate of drug-likeness (QED) is 0.755. The highest BCUT2D eigenvalue weighted by atomic mass is 35.5. The number of alkyl halides is 1. The van der Waals surface area contributed by atoms with Crippen molar-refractivity contribution >= 4 is 22.9 Å². The number of hydrogen-bond acceptors (Lipinski definition) is 3. The monoisotopic (exact) mass is 269 g/mol. The molecule has 0 spiro atoms. The van der Waals surface area contributed by atoms with Crippen molar-refractivity contribution in [2.75, 3.05) is 5.88 Å². The summed E-state index contributed by atoms with van der Waals surface area (Å²) in [5.41, 5.74) is 1.03. The van der Waals surface area contributed by atoms with Crippen molar-refractivity contribution in [3.8, 4) is 0 Å². The van der Waals surface area contributed by atoms with Gasteiger partial charge in [0.2, 0.25) is 0 Å². The second-order valence-electron chi connectivity index (χ2n) is 3.92. The molecule has 5 heteroatoms. The summed E-state index contributed by atoms with van der Waals surface area (Å²) in [4.78, 5) is 2.75. The molecule has 3 nitrogen and oxygen atoms in total. The van der Waals surface area contributed by atoms with Crippen LogP contribution in [0, 0.1) is 0 Å². The first-order valence-corrected chi connectivity index (χ1v) is 7.19. The molecule has 0 N–H and O–H groups in total. The number of halogens is 1. The summed E-state index contributed by atoms with van der Waals surface area (Å²) in [5, 5.41) is 8.27. The Morgan fingerprint density at radius 3 is 2.88 bits per heavy atom. The maximum atomic E-state index is 5.65. The Bertz CT molecular complexity index is 464. The van der Waals surface area contributed by atoms with Crippen LogP contribution in [0.5, 0.6) is 0 Å². The molecule has 0 radical (unpaired) electrons. The minimum atomic E-state index is 0.678. The van der Waals surface area contributed by atoms with Crippen molar-refractivity contribution < 1.29 is 0 Å². The van der Waals surface area contributed by atoms with Crippen LogP contribution in [0.2, 0.25) is 0 Å². The van der Waals surface area contributed by atoms with Crippen LogP contribution in [0.15, 0.2) is 18.3 Å². The molecule has 0 fully saturated rings. The SMILES string of the molecule is CCc1ccc(Cn2cc(CCCCl)nn2)s1. The largest absolute Gasteiger partial charge is 0.247 e. The van der Waals surface area contributed by atoms with Crippen LogP contribution < -0.4 is 0 Å². The molecule has 0 bridgehead atoms. The van der Waals surface area contributed by atoms with Gasteiger partial charge in [-0.25, -0.2) is 4.68 Å². The minimum Gasteiger partial charge on any atom is -0.247 e. The molecule has 0 atom stereocenters. The van der Waals surface area contributed by atoms with Crippen molar-refractivity contribution in [2.45, 2.75) is 32.7 Å². The number of rotatable bonds is 6. The molecule has 0 saturated heterocycles. The highest BCUT2D eigenvalue weighted by Gasteiger charge is 2.03. The van der Waals surface area contributed by atoms with E-state index in [0.717, 1.165) is 31.5 Å². The fourth-order valence-electron chi connectivity index (χ4n) is 1.64. The molecule has 0 aliphatic heterocycles. The number of nitrogens with zero attached hydrogens (tertiary/aromatic N) is 3. The van der Waals surface area contributed by atoms with E-state index in [-0.39, 0.29) is 0 Å². The topological polar surface area (TPSA) is 30.7 Å². The lowest BCUT2D eigenvalue weighted by Crippen LogP contribution is -1.98. The van der Waals surface area contributed by atoms with E-state index in [4.69, 9.17) is 11.6 Å². The summed E-state index contributed by atoms with van der Waals surface area (Å²) in [6, 6.07) is 4.36. The fourth-order valence-corrected chi connectivity index (χ4v) is 2.72. The lowest BCUT2D eigenvalue weighted by atomic mass is 10.3. The van der Waals surface area contributed by atoms with Crippen LogP contribution in [0.4, 0.5) is 0 Å². The summed E-state index contributed by atoms with van der Waals surface area (Å²) in [6.07, 6.45) is 4.98. The van der Waals surface area contributed by atoms with Crippen molar-refractivity contribution in [3.63, 3.8) is 0 Å². The first-order chi connectivity index (χ1) is 8.31. The molecule has 0 unspecified atom stereocenters. The van der Waals surface area contributed by atoms with Crippen molar-refractivity contribution in [1.82, 2.24) is 15.0 Å². The molecule has 17 heavy (non-hydrogen) atoms. The third-order valence-corrected chi connectivity index (χ3v) is 4.02. The van der Waals surface area contributed by atoms with Crippen molar-refractivity contribution in [3.05, 3.63) is 33.8 Å². The van der Waals surface area contributed by atoms with Gasteiger partial charge in [-0.05, 0) is 31.4 Å². The first-order valence-electron chi connectivity index (χ1n) is 5.84. The van der Waals surface area contributed by atoms with E-state index in [0.29, 0.717) is 5.88 Å². The van der Waals surface area contributed by atoms with Crippen LogP contribution in [0.3, 0.4) is 0 Å². The van der Waals surface area contributed by atoms with Gasteiger partial charge in [0, 0.05) is 21.8 Å². The van der Waals surface area contributed by atoms with E-state index >= 15 is 0 Å². The molecule has 0 saturated carbocycles. The molecular weight excluding hydrogens is 254 g/mol. The lowest BCUT2D eigenvalue weighted by molar-refractivity contribution is 0.655. The Morgan fingerprint density at radius 2 is 2.18 bits per heavy atom. The highest BCUT2D eigenvalue weighted by molar-refractivity contribution is 7.11. The zero-order chi connectivity index (χ0) is 12.1. The summed E-state index contributed by atoms with van der Waals surface area (Å²) < 4.78 is 1.90. The second kappa shape index (κ2) is 6.17. The first kappa shape index (κ1) is 12.6. The van der Waals surface area contributed by atoms with Crippen LogP contribution >= 0.6 is 22.9 Å². The van der Waals surface area contributed by atoms with E-state index in [9.17, 15) is 0 Å². The highest BCUT2D eigenvalue weighted by Crippen LogP contribution is 2.17. The smallest absolute Gasteiger partial charge is 0.0827 e. The van der Waals surface area contributed by atoms with Gasteiger partial charge in [-0.3, -0.25) is 0 Å². The maximum absolute atomic E-state index is 5.65. The van der Waals surface area contributed by atoms with E-state index in [1.165, 1.54) is 9.75 Å². The minimum absolute atomic E-state index is 0.678. The van der Waals surface area contributed by atoms with Gasteiger partial charge in [0.05, 0.1) is 12.2 Å². The molecule has 92 valence electrons. The zero-order valence-corrected chi connectivity index (χ0v) is 11.5. The molecule has 0 aliphatic carbocycles. The molecule has 2 heterocycles. The van der Waals surface area contributed by atoms with Crippen molar-refractivity contribution in [2.24, 2.45) is 0 Å². The van der Waals surface area contributed by atoms with E-state index in [1.807, 2.05) is 22.2 Å². The van der Waals surface area contributed by atoms with Crippen LogP contribution in [0.25, 0.3) is 0 Å². The molecule has 0 aromatic carbocycles. The Labute approximate surface area is 110 Å². The lowest BCUT2D eigenvalue weighted by Gasteiger charge is -1.95. The maximum Gasteiger partial charge on any atom is 0.0827 e. The Kier molecular flexibility index (Phi) is 4.57. The van der Waals surface area contributed by atoms with Gasteiger partial charge < -0.3 is 0 Å². The molecule has 2 aromatic rings. The van der Waals surface area contributed by atoms with Gasteiger partial charge in [-0.15, -0.1) is 28.0 Å². The third-order valence-electron chi connectivity index (χ3n) is 2.54. The molecular formula is C12H16ClN3S.